The molecule has 2 N–H and O–H groups in total. The standard InChI is InChI=1S/C25H36F3N.C2H4NO.CH3.U/c1-9-12-19(6)14-15-22(21(8)29-16-11-3)23(13-10-2)24(25(26,27)28)17-20(7)18(4)5;3-1-2-4;;/h11,14-17H,4,9-10,12-13H2,1-3,5-8H3;1,3H2;1H3;/q;2*-1;+2/b16-11-,19-14-,20-17-,22-15+,24-23-,29-21+;;;. The Morgan fingerprint density at radius 1 is 1.06 bits per heavy atom. The molecular weight excluding hydrogens is 675 g/mol. The van der Waals surface area contributed by atoms with E-state index in [-0.39, 0.29) is 50.7 Å². The average Bonchev–Trinajstić information content (AvgIpc) is 2.74. The molecule has 196 valence electrons. The summed E-state index contributed by atoms with van der Waals surface area (Å²) in [5, 5.41) is 0. The first-order chi connectivity index (χ1) is 15.4. The molecule has 3 nitrogen and oxygen atoms in total. The Bertz CT molecular complexity index is 815. The largest absolute Gasteiger partial charge is 2.00 e. The van der Waals surface area contributed by atoms with Gasteiger partial charge in [0, 0.05) is 11.9 Å². The number of hydrogen-bond acceptors (Lipinski definition) is 3. The second kappa shape index (κ2) is 23.0. The maximum atomic E-state index is 14.1. The van der Waals surface area contributed by atoms with Crippen molar-refractivity contribution in [2.45, 2.75) is 80.3 Å². The number of hydrogen-bond donors (Lipinski definition) is 1. The van der Waals surface area contributed by atoms with Gasteiger partial charge in [-0.25, -0.2) is 0 Å². The Morgan fingerprint density at radius 3 is 1.94 bits per heavy atom. The minimum absolute atomic E-state index is 0. The van der Waals surface area contributed by atoms with Crippen molar-refractivity contribution < 1.29 is 49.1 Å². The molecule has 7 heteroatoms. The zero-order valence-corrected chi connectivity index (χ0v) is 26.9. The Kier molecular flexibility index (Phi) is 26.8. The number of alkyl halides is 3. The van der Waals surface area contributed by atoms with Gasteiger partial charge in [-0.05, 0) is 70.3 Å². The fourth-order valence-corrected chi connectivity index (χ4v) is 2.74. The summed E-state index contributed by atoms with van der Waals surface area (Å²) in [6.45, 7) is 16.7. The molecule has 0 atom stereocenters. The van der Waals surface area contributed by atoms with Gasteiger partial charge in [0.15, 0.2) is 0 Å². The van der Waals surface area contributed by atoms with Crippen LogP contribution in [0.25, 0.3) is 0 Å². The normalized spacial score (nSPS) is 13.8. The van der Waals surface area contributed by atoms with E-state index >= 15 is 0 Å². The summed E-state index contributed by atoms with van der Waals surface area (Å²) in [7, 11) is 0. The molecule has 0 radical (unpaired) electrons. The molecule has 0 rings (SSSR count). The van der Waals surface area contributed by atoms with E-state index in [1.807, 2.05) is 26.8 Å². The van der Waals surface area contributed by atoms with Crippen LogP contribution in [-0.4, -0.2) is 24.7 Å². The van der Waals surface area contributed by atoms with Gasteiger partial charge in [-0.2, -0.15) is 13.2 Å². The molecule has 0 unspecified atom stereocenters. The van der Waals surface area contributed by atoms with Crippen molar-refractivity contribution in [3.05, 3.63) is 77.9 Å². The van der Waals surface area contributed by atoms with E-state index in [2.05, 4.69) is 24.2 Å². The molecular formula is C28H43F3N2OU. The maximum Gasteiger partial charge on any atom is 2.00 e. The van der Waals surface area contributed by atoms with E-state index in [1.165, 1.54) is 12.4 Å². The van der Waals surface area contributed by atoms with Crippen molar-refractivity contribution in [2.75, 3.05) is 6.54 Å². The number of rotatable bonds is 11. The summed E-state index contributed by atoms with van der Waals surface area (Å²) in [6, 6.07) is 0. The summed E-state index contributed by atoms with van der Waals surface area (Å²) >= 11 is 0. The van der Waals surface area contributed by atoms with Gasteiger partial charge in [0.1, 0.15) is 0 Å². The van der Waals surface area contributed by atoms with Crippen molar-refractivity contribution in [3.63, 3.8) is 0 Å². The third kappa shape index (κ3) is 18.5. The topological polar surface area (TPSA) is 55.4 Å². The number of halogens is 3. The first kappa shape index (κ1) is 40.7. The SMILES string of the molecule is C=C(C)\C(C)=C/C(=C(CCC)/C(=C/C=C(/C)CCC)C(/C)=N/C=C\C)C(F)(F)F.NC[C-]=O.[CH3-].[U+2]. The number of nitrogens with zero attached hydrogens (tertiary/aromatic N) is 1. The maximum absolute atomic E-state index is 14.1. The minimum Gasteiger partial charge on any atom is -0.541 e. The molecule has 35 heavy (non-hydrogen) atoms. The number of aliphatic imine (C=N–C) groups is 1. The van der Waals surface area contributed by atoms with Crippen LogP contribution >= 0.6 is 0 Å². The minimum atomic E-state index is -4.47. The molecule has 0 aromatic carbocycles. The van der Waals surface area contributed by atoms with E-state index in [4.69, 9.17) is 4.79 Å². The Labute approximate surface area is 235 Å². The van der Waals surface area contributed by atoms with Gasteiger partial charge in [0.25, 0.3) is 0 Å². The van der Waals surface area contributed by atoms with Crippen LogP contribution in [0, 0.1) is 38.5 Å². The average molecular weight is 719 g/mol. The summed E-state index contributed by atoms with van der Waals surface area (Å²) in [5.41, 5.74) is 7.61. The van der Waals surface area contributed by atoms with E-state index in [0.29, 0.717) is 35.3 Å². The fraction of sp³-hybridized carbons (Fsp3) is 0.464. The van der Waals surface area contributed by atoms with Crippen LogP contribution in [0.5, 0.6) is 0 Å². The Hall–Kier alpha value is -1.42. The summed E-state index contributed by atoms with van der Waals surface area (Å²) in [4.78, 5) is 13.3. The Balaban J connectivity index is -0.000000738. The monoisotopic (exact) mass is 718 g/mol. The summed E-state index contributed by atoms with van der Waals surface area (Å²) in [5.74, 6) is 0. The van der Waals surface area contributed by atoms with Gasteiger partial charge in [0.05, 0.1) is 5.57 Å². The molecule has 0 bridgehead atoms. The second-order valence-corrected chi connectivity index (χ2v) is 7.64. The number of allylic oxidation sites excluding steroid dienone is 10. The van der Waals surface area contributed by atoms with Gasteiger partial charge in [-0.3, -0.25) is 11.3 Å². The van der Waals surface area contributed by atoms with E-state index in [9.17, 15) is 13.2 Å². The molecule has 0 amide bonds. The van der Waals surface area contributed by atoms with Crippen LogP contribution in [0.3, 0.4) is 0 Å². The number of carbonyl (C=O) groups excluding carboxylic acids is 1. The predicted molar refractivity (Wildman–Crippen MR) is 142 cm³/mol. The van der Waals surface area contributed by atoms with Gasteiger partial charge < -0.3 is 18.0 Å². The zero-order valence-electron chi connectivity index (χ0n) is 22.7. The van der Waals surface area contributed by atoms with E-state index in [0.717, 1.165) is 18.4 Å². The van der Waals surface area contributed by atoms with Crippen LogP contribution in [0.1, 0.15) is 74.1 Å². The van der Waals surface area contributed by atoms with Crippen molar-refractivity contribution in [1.82, 2.24) is 0 Å². The molecule has 0 aliphatic rings. The van der Waals surface area contributed by atoms with Gasteiger partial charge in [-0.1, -0.05) is 62.6 Å². The van der Waals surface area contributed by atoms with E-state index < -0.39 is 11.7 Å². The van der Waals surface area contributed by atoms with Crippen LogP contribution in [-0.2, 0) is 4.79 Å². The van der Waals surface area contributed by atoms with Gasteiger partial charge >= 0.3 is 37.3 Å². The predicted octanol–water partition coefficient (Wildman–Crippen LogP) is 8.34. The second-order valence-electron chi connectivity index (χ2n) is 7.64. The quantitative estimate of drug-likeness (QED) is 0.133. The molecule has 0 fully saturated rings. The summed E-state index contributed by atoms with van der Waals surface area (Å²) < 4.78 is 42.3. The van der Waals surface area contributed by atoms with E-state index in [1.54, 1.807) is 39.1 Å². The third-order valence-corrected chi connectivity index (χ3v) is 4.56. The molecule has 0 saturated carbocycles. The van der Waals surface area contributed by atoms with Crippen LogP contribution < -0.4 is 5.73 Å². The number of nitrogens with two attached hydrogens (primary N) is 1. The Morgan fingerprint density at radius 2 is 1.57 bits per heavy atom. The zero-order chi connectivity index (χ0) is 26.0. The van der Waals surface area contributed by atoms with Gasteiger partial charge in [0.2, 0.25) is 0 Å². The first-order valence-electron chi connectivity index (χ1n) is 11.1. The molecule has 0 spiro atoms. The molecule has 0 aliphatic heterocycles. The van der Waals surface area contributed by atoms with Crippen molar-refractivity contribution >= 4 is 12.0 Å². The first-order valence-corrected chi connectivity index (χ1v) is 11.1. The van der Waals surface area contributed by atoms with Gasteiger partial charge in [-0.15, -0.1) is 6.54 Å². The van der Waals surface area contributed by atoms with Crippen molar-refractivity contribution in [2.24, 2.45) is 10.7 Å². The smallest absolute Gasteiger partial charge is 0.541 e. The molecule has 0 aromatic rings. The molecule has 0 aliphatic carbocycles. The molecule has 0 heterocycles. The van der Waals surface area contributed by atoms with Crippen molar-refractivity contribution in [1.29, 1.82) is 0 Å². The van der Waals surface area contributed by atoms with Crippen LogP contribution in [0.15, 0.2) is 75.5 Å². The van der Waals surface area contributed by atoms with Crippen molar-refractivity contribution in [3.8, 4) is 0 Å². The third-order valence-electron chi connectivity index (χ3n) is 4.56. The van der Waals surface area contributed by atoms with Crippen LogP contribution in [0.4, 0.5) is 13.2 Å². The molecule has 0 aromatic heterocycles. The molecule has 0 saturated heterocycles. The fourth-order valence-electron chi connectivity index (χ4n) is 2.74. The van der Waals surface area contributed by atoms with Crippen LogP contribution in [0.2, 0.25) is 0 Å². The summed E-state index contributed by atoms with van der Waals surface area (Å²) in [6.07, 6.45) is 8.07.